The SMILES string of the molecule is COc1cc2ncnc(Oc3cccc(NC(=O)Nc4cc(C(C)(C)C)on4)c3)c2cc1O[C@H]1CCN(C(=O)O)C1. The van der Waals surface area contributed by atoms with Crippen LogP contribution in [0.25, 0.3) is 10.9 Å². The van der Waals surface area contributed by atoms with Gasteiger partial charge >= 0.3 is 12.1 Å². The van der Waals surface area contributed by atoms with E-state index in [1.54, 1.807) is 42.5 Å². The molecule has 0 aliphatic carbocycles. The van der Waals surface area contributed by atoms with Crippen LogP contribution in [0.5, 0.6) is 23.1 Å². The van der Waals surface area contributed by atoms with Crippen molar-refractivity contribution in [2.75, 3.05) is 30.8 Å². The number of nitrogens with one attached hydrogen (secondary N) is 2. The molecule has 1 saturated heterocycles. The molecule has 0 radical (unpaired) electrons. The highest BCUT2D eigenvalue weighted by atomic mass is 16.5. The first-order chi connectivity index (χ1) is 19.6. The van der Waals surface area contributed by atoms with Crippen LogP contribution in [0.4, 0.5) is 21.1 Å². The minimum Gasteiger partial charge on any atom is -0.493 e. The van der Waals surface area contributed by atoms with Crippen molar-refractivity contribution in [3.63, 3.8) is 0 Å². The Hall–Kier alpha value is -5.07. The van der Waals surface area contributed by atoms with E-state index in [1.807, 2.05) is 20.8 Å². The second-order valence-corrected chi connectivity index (χ2v) is 10.5. The van der Waals surface area contributed by atoms with Crippen molar-refractivity contribution in [2.24, 2.45) is 0 Å². The molecule has 0 bridgehead atoms. The standard InChI is InChI=1S/C28H30N6O7/c1-28(2,3)23-13-24(33-41-23)32-26(35)31-16-6-5-7-17(10-16)40-25-19-11-22(21(38-4)12-20(19)29-15-30-25)39-18-8-9-34(14-18)27(36)37/h5-7,10-13,15,18H,8-9,14H2,1-4H3,(H,36,37)(H2,31,32,33,35)/t18-/m0/s1. The van der Waals surface area contributed by atoms with Crippen LogP contribution in [-0.2, 0) is 5.41 Å². The summed E-state index contributed by atoms with van der Waals surface area (Å²) in [4.78, 5) is 33.8. The highest BCUT2D eigenvalue weighted by molar-refractivity contribution is 5.99. The van der Waals surface area contributed by atoms with Gasteiger partial charge in [0, 0.05) is 42.3 Å². The molecule has 1 aliphatic heterocycles. The van der Waals surface area contributed by atoms with Crippen molar-refractivity contribution in [3.8, 4) is 23.1 Å². The number of anilines is 2. The highest BCUT2D eigenvalue weighted by Crippen LogP contribution is 2.37. The molecule has 13 heteroatoms. The van der Waals surface area contributed by atoms with E-state index < -0.39 is 12.1 Å². The molecule has 2 aromatic heterocycles. The minimum atomic E-state index is -0.979. The first-order valence-electron chi connectivity index (χ1n) is 12.9. The fraction of sp³-hybridized carbons (Fsp3) is 0.321. The average molecular weight is 563 g/mol. The maximum atomic E-state index is 12.6. The van der Waals surface area contributed by atoms with Gasteiger partial charge in [0.15, 0.2) is 17.3 Å². The molecule has 0 unspecified atom stereocenters. The number of carboxylic acid groups (broad SMARTS) is 1. The number of nitrogens with zero attached hydrogens (tertiary/aromatic N) is 4. The monoisotopic (exact) mass is 562 g/mol. The van der Waals surface area contributed by atoms with Gasteiger partial charge < -0.3 is 34.1 Å². The summed E-state index contributed by atoms with van der Waals surface area (Å²) in [6.45, 7) is 6.61. The van der Waals surface area contributed by atoms with Gasteiger partial charge in [0.2, 0.25) is 5.88 Å². The zero-order chi connectivity index (χ0) is 29.1. The third-order valence-electron chi connectivity index (χ3n) is 6.39. The Morgan fingerprint density at radius 3 is 2.63 bits per heavy atom. The Bertz CT molecular complexity index is 1580. The lowest BCUT2D eigenvalue weighted by molar-refractivity contribution is 0.145. The molecule has 13 nitrogen and oxygen atoms in total. The summed E-state index contributed by atoms with van der Waals surface area (Å²) in [7, 11) is 1.52. The van der Waals surface area contributed by atoms with Crippen LogP contribution >= 0.6 is 0 Å². The van der Waals surface area contributed by atoms with Gasteiger partial charge in [0.05, 0.1) is 24.6 Å². The topological polar surface area (TPSA) is 161 Å². The number of methoxy groups -OCH3 is 1. The summed E-state index contributed by atoms with van der Waals surface area (Å²) in [5.41, 5.74) is 0.803. The minimum absolute atomic E-state index is 0.240. The van der Waals surface area contributed by atoms with E-state index in [4.69, 9.17) is 18.7 Å². The Balaban J connectivity index is 1.32. The fourth-order valence-electron chi connectivity index (χ4n) is 4.27. The molecule has 4 aromatic rings. The number of amides is 3. The molecule has 0 spiro atoms. The average Bonchev–Trinajstić information content (AvgIpc) is 3.59. The van der Waals surface area contributed by atoms with Gasteiger partial charge in [-0.05, 0) is 18.2 Å². The third kappa shape index (κ3) is 6.40. The number of hydrogen-bond acceptors (Lipinski definition) is 9. The number of rotatable bonds is 7. The van der Waals surface area contributed by atoms with Crippen molar-refractivity contribution in [1.82, 2.24) is 20.0 Å². The molecule has 3 heterocycles. The molecule has 0 saturated carbocycles. The summed E-state index contributed by atoms with van der Waals surface area (Å²) in [6.07, 6.45) is 0.632. The summed E-state index contributed by atoms with van der Waals surface area (Å²) >= 11 is 0. The second kappa shape index (κ2) is 11.2. The van der Waals surface area contributed by atoms with Crippen LogP contribution in [0.3, 0.4) is 0 Å². The summed E-state index contributed by atoms with van der Waals surface area (Å²) in [5, 5.41) is 19.1. The molecule has 3 N–H and O–H groups in total. The molecule has 1 atom stereocenters. The molecule has 41 heavy (non-hydrogen) atoms. The number of carbonyl (C=O) groups excluding carboxylic acids is 1. The van der Waals surface area contributed by atoms with E-state index in [-0.39, 0.29) is 23.9 Å². The Morgan fingerprint density at radius 2 is 1.93 bits per heavy atom. The Morgan fingerprint density at radius 1 is 1.10 bits per heavy atom. The Labute approximate surface area is 235 Å². The number of ether oxygens (including phenoxy) is 3. The smallest absolute Gasteiger partial charge is 0.407 e. The number of aromatic nitrogens is 3. The molecule has 2 aromatic carbocycles. The van der Waals surface area contributed by atoms with Gasteiger partial charge in [0.1, 0.15) is 23.9 Å². The molecule has 1 aliphatic rings. The highest BCUT2D eigenvalue weighted by Gasteiger charge is 2.28. The van der Waals surface area contributed by atoms with Gasteiger partial charge in [0.25, 0.3) is 0 Å². The number of urea groups is 1. The summed E-state index contributed by atoms with van der Waals surface area (Å²) < 4.78 is 23.0. The van der Waals surface area contributed by atoms with Crippen molar-refractivity contribution >= 4 is 34.5 Å². The van der Waals surface area contributed by atoms with Crippen LogP contribution in [0.15, 0.2) is 53.3 Å². The largest absolute Gasteiger partial charge is 0.493 e. The quantitative estimate of drug-likeness (QED) is 0.263. The van der Waals surface area contributed by atoms with Gasteiger partial charge in [-0.1, -0.05) is 32.0 Å². The van der Waals surface area contributed by atoms with Gasteiger partial charge in [-0.15, -0.1) is 0 Å². The van der Waals surface area contributed by atoms with Crippen LogP contribution in [0.2, 0.25) is 0 Å². The number of hydrogen-bond donors (Lipinski definition) is 3. The van der Waals surface area contributed by atoms with Crippen molar-refractivity contribution in [2.45, 2.75) is 38.7 Å². The van der Waals surface area contributed by atoms with E-state index in [0.29, 0.717) is 58.4 Å². The lowest BCUT2D eigenvalue weighted by atomic mass is 9.93. The molecule has 5 rings (SSSR count). The van der Waals surface area contributed by atoms with E-state index in [1.165, 1.54) is 18.3 Å². The van der Waals surface area contributed by atoms with Crippen molar-refractivity contribution in [3.05, 3.63) is 54.6 Å². The number of carbonyl (C=O) groups is 2. The number of likely N-dealkylation sites (tertiary alicyclic amines) is 1. The summed E-state index contributed by atoms with van der Waals surface area (Å²) in [5.74, 6) is 2.51. The normalized spacial score (nSPS) is 15.0. The lowest BCUT2D eigenvalue weighted by Crippen LogP contribution is -2.29. The molecular formula is C28H30N6O7. The molecular weight excluding hydrogens is 532 g/mol. The second-order valence-electron chi connectivity index (χ2n) is 10.5. The van der Waals surface area contributed by atoms with E-state index >= 15 is 0 Å². The first kappa shape index (κ1) is 27.5. The predicted molar refractivity (Wildman–Crippen MR) is 149 cm³/mol. The van der Waals surface area contributed by atoms with Gasteiger partial charge in [-0.2, -0.15) is 0 Å². The zero-order valence-corrected chi connectivity index (χ0v) is 23.0. The number of fused-ring (bicyclic) bond motifs is 1. The fourth-order valence-corrected chi connectivity index (χ4v) is 4.27. The van der Waals surface area contributed by atoms with Gasteiger partial charge in [-0.3, -0.25) is 5.32 Å². The zero-order valence-electron chi connectivity index (χ0n) is 23.0. The molecule has 3 amide bonds. The first-order valence-corrected chi connectivity index (χ1v) is 12.9. The van der Waals surface area contributed by atoms with E-state index in [0.717, 1.165) is 0 Å². The van der Waals surface area contributed by atoms with Crippen LogP contribution in [0.1, 0.15) is 33.0 Å². The van der Waals surface area contributed by atoms with Crippen LogP contribution in [0, 0.1) is 0 Å². The lowest BCUT2D eigenvalue weighted by Gasteiger charge is -2.17. The molecule has 214 valence electrons. The maximum Gasteiger partial charge on any atom is 0.407 e. The number of benzene rings is 2. The Kier molecular flexibility index (Phi) is 7.51. The van der Waals surface area contributed by atoms with Crippen LogP contribution < -0.4 is 24.8 Å². The van der Waals surface area contributed by atoms with Gasteiger partial charge in [-0.25, -0.2) is 19.6 Å². The maximum absolute atomic E-state index is 12.6. The summed E-state index contributed by atoms with van der Waals surface area (Å²) in [6, 6.07) is 11.4. The van der Waals surface area contributed by atoms with Crippen LogP contribution in [-0.4, -0.2) is 63.6 Å². The van der Waals surface area contributed by atoms with Crippen molar-refractivity contribution < 1.29 is 33.4 Å². The van der Waals surface area contributed by atoms with E-state index in [2.05, 4.69) is 25.8 Å². The van der Waals surface area contributed by atoms with Crippen molar-refractivity contribution in [1.29, 1.82) is 0 Å². The van der Waals surface area contributed by atoms with E-state index in [9.17, 15) is 14.7 Å². The third-order valence-corrected chi connectivity index (χ3v) is 6.39. The predicted octanol–water partition coefficient (Wildman–Crippen LogP) is 5.49. The molecule has 1 fully saturated rings.